The standard InChI is InChI=1S/C28H25N3O7/c1-2-37-28(36)38-21-15-9-18(10-16-21)25(33)30-20-13-11-19(12-14-20)29-24(32)8-5-17-31-26(34)22-6-3-4-7-23(22)27(31)35/h3-4,6-7,9-16H,2,5,8,17H2,1H3,(H,29,32)(H,30,33). The lowest BCUT2D eigenvalue weighted by molar-refractivity contribution is -0.116. The predicted molar refractivity (Wildman–Crippen MR) is 138 cm³/mol. The molecule has 0 saturated carbocycles. The van der Waals surface area contributed by atoms with E-state index in [1.807, 2.05) is 0 Å². The Balaban J connectivity index is 1.22. The highest BCUT2D eigenvalue weighted by molar-refractivity contribution is 6.21. The average Bonchev–Trinajstić information content (AvgIpc) is 3.15. The van der Waals surface area contributed by atoms with E-state index in [0.29, 0.717) is 34.5 Å². The molecule has 10 nitrogen and oxygen atoms in total. The maximum Gasteiger partial charge on any atom is 0.513 e. The van der Waals surface area contributed by atoms with Crippen LogP contribution in [-0.2, 0) is 9.53 Å². The monoisotopic (exact) mass is 515 g/mol. The quantitative estimate of drug-likeness (QED) is 0.244. The Kier molecular flexibility index (Phi) is 8.12. The summed E-state index contributed by atoms with van der Waals surface area (Å²) < 4.78 is 9.67. The fourth-order valence-corrected chi connectivity index (χ4v) is 3.82. The van der Waals surface area contributed by atoms with E-state index >= 15 is 0 Å². The molecule has 4 amide bonds. The fourth-order valence-electron chi connectivity index (χ4n) is 3.82. The van der Waals surface area contributed by atoms with Crippen molar-refractivity contribution in [2.45, 2.75) is 19.8 Å². The van der Waals surface area contributed by atoms with E-state index in [-0.39, 0.29) is 49.0 Å². The molecular formula is C28H25N3O7. The molecule has 0 aromatic heterocycles. The fraction of sp³-hybridized carbons (Fsp3) is 0.179. The van der Waals surface area contributed by atoms with Gasteiger partial charge in [0.2, 0.25) is 5.91 Å². The molecular weight excluding hydrogens is 490 g/mol. The second-order valence-electron chi connectivity index (χ2n) is 8.30. The summed E-state index contributed by atoms with van der Waals surface area (Å²) >= 11 is 0. The molecule has 0 fully saturated rings. The number of imide groups is 1. The number of ether oxygens (including phenoxy) is 2. The van der Waals surface area contributed by atoms with Crippen LogP contribution >= 0.6 is 0 Å². The number of hydrogen-bond acceptors (Lipinski definition) is 7. The van der Waals surface area contributed by atoms with E-state index < -0.39 is 6.16 Å². The molecule has 0 unspecified atom stereocenters. The Morgan fingerprint density at radius 3 is 1.95 bits per heavy atom. The first-order chi connectivity index (χ1) is 18.4. The number of benzene rings is 3. The zero-order chi connectivity index (χ0) is 27.1. The molecule has 1 heterocycles. The van der Waals surface area contributed by atoms with Crippen LogP contribution in [-0.4, -0.2) is 47.8 Å². The summed E-state index contributed by atoms with van der Waals surface area (Å²) in [6, 6.07) is 19.2. The van der Waals surface area contributed by atoms with Crippen molar-refractivity contribution in [2.24, 2.45) is 0 Å². The Hall–Kier alpha value is -4.99. The van der Waals surface area contributed by atoms with E-state index in [2.05, 4.69) is 10.6 Å². The molecule has 1 aliphatic rings. The molecule has 0 spiro atoms. The highest BCUT2D eigenvalue weighted by Gasteiger charge is 2.34. The lowest BCUT2D eigenvalue weighted by atomic mass is 10.1. The number of nitrogens with one attached hydrogen (secondary N) is 2. The molecule has 1 aliphatic heterocycles. The van der Waals surface area contributed by atoms with Gasteiger partial charge in [0, 0.05) is 29.9 Å². The van der Waals surface area contributed by atoms with Crippen molar-refractivity contribution in [1.29, 1.82) is 0 Å². The van der Waals surface area contributed by atoms with E-state index in [0.717, 1.165) is 4.90 Å². The average molecular weight is 516 g/mol. The van der Waals surface area contributed by atoms with E-state index in [4.69, 9.17) is 9.47 Å². The van der Waals surface area contributed by atoms with E-state index in [1.54, 1.807) is 55.5 Å². The molecule has 0 radical (unpaired) electrons. The van der Waals surface area contributed by atoms with Crippen LogP contribution in [0, 0.1) is 0 Å². The molecule has 0 bridgehead atoms. The topological polar surface area (TPSA) is 131 Å². The van der Waals surface area contributed by atoms with Gasteiger partial charge in [-0.3, -0.25) is 24.1 Å². The minimum Gasteiger partial charge on any atom is -0.434 e. The summed E-state index contributed by atoms with van der Waals surface area (Å²) in [5.41, 5.74) is 2.18. The van der Waals surface area contributed by atoms with Crippen LogP contribution in [0.3, 0.4) is 0 Å². The lowest BCUT2D eigenvalue weighted by Crippen LogP contribution is -2.31. The van der Waals surface area contributed by atoms with E-state index in [9.17, 15) is 24.0 Å². The second-order valence-corrected chi connectivity index (χ2v) is 8.30. The predicted octanol–water partition coefficient (Wildman–Crippen LogP) is 4.49. The highest BCUT2D eigenvalue weighted by atomic mass is 16.7. The van der Waals surface area contributed by atoms with Gasteiger partial charge in [-0.25, -0.2) is 4.79 Å². The molecule has 4 rings (SSSR count). The van der Waals surface area contributed by atoms with Crippen LogP contribution in [0.2, 0.25) is 0 Å². The van der Waals surface area contributed by atoms with Crippen LogP contribution in [0.1, 0.15) is 50.8 Å². The number of fused-ring (bicyclic) bond motifs is 1. The maximum absolute atomic E-state index is 12.5. The van der Waals surface area contributed by atoms with Gasteiger partial charge in [0.15, 0.2) is 0 Å². The summed E-state index contributed by atoms with van der Waals surface area (Å²) in [5.74, 6) is -1.06. The van der Waals surface area contributed by atoms with Crippen molar-refractivity contribution in [3.63, 3.8) is 0 Å². The van der Waals surface area contributed by atoms with Crippen molar-refractivity contribution in [3.8, 4) is 5.75 Å². The van der Waals surface area contributed by atoms with Gasteiger partial charge in [0.1, 0.15) is 5.75 Å². The van der Waals surface area contributed by atoms with Gasteiger partial charge in [-0.1, -0.05) is 12.1 Å². The third-order valence-electron chi connectivity index (χ3n) is 5.67. The number of nitrogens with zero attached hydrogens (tertiary/aromatic N) is 1. The number of carbonyl (C=O) groups is 5. The van der Waals surface area contributed by atoms with Crippen LogP contribution < -0.4 is 15.4 Å². The summed E-state index contributed by atoms with van der Waals surface area (Å²) in [7, 11) is 0. The number of anilines is 2. The first-order valence-corrected chi connectivity index (χ1v) is 12.0. The molecule has 3 aromatic carbocycles. The second kappa shape index (κ2) is 11.8. The summed E-state index contributed by atoms with van der Waals surface area (Å²) in [6.45, 7) is 2.01. The Morgan fingerprint density at radius 1 is 0.789 bits per heavy atom. The first-order valence-electron chi connectivity index (χ1n) is 12.0. The Labute approximate surface area is 218 Å². The van der Waals surface area contributed by atoms with Gasteiger partial charge in [-0.15, -0.1) is 0 Å². The summed E-state index contributed by atoms with van der Waals surface area (Å²) in [6.07, 6.45) is -0.365. The van der Waals surface area contributed by atoms with Gasteiger partial charge in [-0.05, 0) is 74.0 Å². The van der Waals surface area contributed by atoms with Crippen molar-refractivity contribution in [3.05, 3.63) is 89.5 Å². The summed E-state index contributed by atoms with van der Waals surface area (Å²) in [4.78, 5) is 62.2. The lowest BCUT2D eigenvalue weighted by Gasteiger charge is -2.13. The number of rotatable bonds is 9. The molecule has 2 N–H and O–H groups in total. The van der Waals surface area contributed by atoms with Crippen LogP contribution in [0.5, 0.6) is 5.75 Å². The molecule has 38 heavy (non-hydrogen) atoms. The van der Waals surface area contributed by atoms with Gasteiger partial charge in [0.05, 0.1) is 17.7 Å². The Bertz CT molecular complexity index is 1330. The van der Waals surface area contributed by atoms with Crippen molar-refractivity contribution in [1.82, 2.24) is 4.90 Å². The molecule has 0 atom stereocenters. The first kappa shape index (κ1) is 26.1. The normalized spacial score (nSPS) is 12.1. The van der Waals surface area contributed by atoms with Crippen molar-refractivity contribution in [2.75, 3.05) is 23.8 Å². The number of carbonyl (C=O) groups excluding carboxylic acids is 5. The van der Waals surface area contributed by atoms with Gasteiger partial charge in [-0.2, -0.15) is 0 Å². The molecule has 194 valence electrons. The van der Waals surface area contributed by atoms with E-state index in [1.165, 1.54) is 24.3 Å². The summed E-state index contributed by atoms with van der Waals surface area (Å²) in [5, 5.41) is 5.51. The largest absolute Gasteiger partial charge is 0.513 e. The van der Waals surface area contributed by atoms with Crippen LogP contribution in [0.15, 0.2) is 72.8 Å². The minimum atomic E-state index is -0.820. The van der Waals surface area contributed by atoms with Gasteiger partial charge >= 0.3 is 6.16 Å². The smallest absolute Gasteiger partial charge is 0.434 e. The third-order valence-corrected chi connectivity index (χ3v) is 5.67. The third kappa shape index (κ3) is 6.22. The zero-order valence-corrected chi connectivity index (χ0v) is 20.6. The number of amides is 4. The molecule has 3 aromatic rings. The molecule has 0 aliphatic carbocycles. The van der Waals surface area contributed by atoms with Gasteiger partial charge in [0.25, 0.3) is 17.7 Å². The van der Waals surface area contributed by atoms with Crippen molar-refractivity contribution >= 4 is 41.2 Å². The minimum absolute atomic E-state index is 0.127. The van der Waals surface area contributed by atoms with Crippen LogP contribution in [0.4, 0.5) is 16.2 Å². The van der Waals surface area contributed by atoms with Crippen LogP contribution in [0.25, 0.3) is 0 Å². The molecule has 0 saturated heterocycles. The maximum atomic E-state index is 12.5. The zero-order valence-electron chi connectivity index (χ0n) is 20.6. The highest BCUT2D eigenvalue weighted by Crippen LogP contribution is 2.23. The van der Waals surface area contributed by atoms with Gasteiger partial charge < -0.3 is 20.1 Å². The molecule has 10 heteroatoms. The SMILES string of the molecule is CCOC(=O)Oc1ccc(C(=O)Nc2ccc(NC(=O)CCCN3C(=O)c4ccccc4C3=O)cc2)cc1. The Morgan fingerprint density at radius 2 is 1.37 bits per heavy atom. The van der Waals surface area contributed by atoms with Crippen molar-refractivity contribution < 1.29 is 33.4 Å². The number of hydrogen-bond donors (Lipinski definition) is 2.